The Morgan fingerprint density at radius 1 is 1.26 bits per heavy atom. The maximum Gasteiger partial charge on any atom is 0.308 e. The second kappa shape index (κ2) is 10.5. The SMILES string of the molecule is O=C(CCCNc1ccc([N+](=O)[O-])cc1)NCC(C(=O)O)C1CCOCC1. The maximum atomic E-state index is 12.0. The molecule has 0 saturated carbocycles. The predicted octanol–water partition coefficient (Wildman–Crippen LogP) is 2.03. The van der Waals surface area contributed by atoms with Crippen molar-refractivity contribution in [1.29, 1.82) is 0 Å². The molecule has 27 heavy (non-hydrogen) atoms. The van der Waals surface area contributed by atoms with Gasteiger partial charge in [-0.05, 0) is 37.3 Å². The topological polar surface area (TPSA) is 131 Å². The molecule has 1 aromatic carbocycles. The summed E-state index contributed by atoms with van der Waals surface area (Å²) in [5.41, 5.74) is 0.768. The Morgan fingerprint density at radius 3 is 2.52 bits per heavy atom. The molecule has 9 nitrogen and oxygen atoms in total. The average Bonchev–Trinajstić information content (AvgIpc) is 2.66. The van der Waals surface area contributed by atoms with Crippen LogP contribution in [0.15, 0.2) is 24.3 Å². The van der Waals surface area contributed by atoms with Crippen molar-refractivity contribution >= 4 is 23.3 Å². The Hall–Kier alpha value is -2.68. The third kappa shape index (κ3) is 6.86. The van der Waals surface area contributed by atoms with Gasteiger partial charge in [0.15, 0.2) is 0 Å². The first-order chi connectivity index (χ1) is 13.0. The molecule has 1 aromatic rings. The molecule has 1 saturated heterocycles. The van der Waals surface area contributed by atoms with Crippen molar-refractivity contribution in [1.82, 2.24) is 5.32 Å². The van der Waals surface area contributed by atoms with Gasteiger partial charge in [-0.3, -0.25) is 19.7 Å². The van der Waals surface area contributed by atoms with Crippen LogP contribution in [0.4, 0.5) is 11.4 Å². The Morgan fingerprint density at radius 2 is 1.93 bits per heavy atom. The van der Waals surface area contributed by atoms with Gasteiger partial charge >= 0.3 is 5.97 Å². The molecule has 9 heteroatoms. The number of benzene rings is 1. The van der Waals surface area contributed by atoms with Crippen LogP contribution in [-0.4, -0.2) is 48.2 Å². The summed E-state index contributed by atoms with van der Waals surface area (Å²) in [5, 5.41) is 25.8. The lowest BCUT2D eigenvalue weighted by atomic mass is 9.86. The number of nitrogens with one attached hydrogen (secondary N) is 2. The summed E-state index contributed by atoms with van der Waals surface area (Å²) in [4.78, 5) is 33.5. The Bertz CT molecular complexity index is 643. The largest absolute Gasteiger partial charge is 0.481 e. The normalized spacial score (nSPS) is 15.7. The number of carboxylic acids is 1. The highest BCUT2D eigenvalue weighted by Crippen LogP contribution is 2.23. The van der Waals surface area contributed by atoms with Gasteiger partial charge in [0.25, 0.3) is 5.69 Å². The van der Waals surface area contributed by atoms with Crippen molar-refractivity contribution in [3.63, 3.8) is 0 Å². The minimum Gasteiger partial charge on any atom is -0.481 e. The summed E-state index contributed by atoms with van der Waals surface area (Å²) in [7, 11) is 0. The summed E-state index contributed by atoms with van der Waals surface area (Å²) in [6.45, 7) is 1.80. The molecule has 1 fully saturated rings. The van der Waals surface area contributed by atoms with Gasteiger partial charge in [-0.25, -0.2) is 0 Å². The van der Waals surface area contributed by atoms with Crippen molar-refractivity contribution in [3.05, 3.63) is 34.4 Å². The van der Waals surface area contributed by atoms with E-state index < -0.39 is 16.8 Å². The number of carboxylic acid groups (broad SMARTS) is 1. The minimum atomic E-state index is -0.887. The van der Waals surface area contributed by atoms with E-state index in [2.05, 4.69) is 10.6 Å². The van der Waals surface area contributed by atoms with E-state index in [9.17, 15) is 24.8 Å². The van der Waals surface area contributed by atoms with Gasteiger partial charge < -0.3 is 20.5 Å². The van der Waals surface area contributed by atoms with E-state index in [1.54, 1.807) is 12.1 Å². The van der Waals surface area contributed by atoms with E-state index in [0.29, 0.717) is 39.0 Å². The molecule has 1 unspecified atom stereocenters. The first-order valence-electron chi connectivity index (χ1n) is 9.03. The van der Waals surface area contributed by atoms with Gasteiger partial charge in [0, 0.05) is 50.5 Å². The number of ether oxygens (including phenoxy) is 1. The number of non-ortho nitro benzene ring substituents is 1. The number of nitrogens with zero attached hydrogens (tertiary/aromatic N) is 1. The van der Waals surface area contributed by atoms with E-state index in [4.69, 9.17) is 4.74 Å². The fourth-order valence-corrected chi connectivity index (χ4v) is 3.07. The van der Waals surface area contributed by atoms with Crippen LogP contribution in [0.2, 0.25) is 0 Å². The summed E-state index contributed by atoms with van der Waals surface area (Å²) in [5.74, 6) is -1.63. The molecule has 1 amide bonds. The third-order valence-corrected chi connectivity index (χ3v) is 4.66. The highest BCUT2D eigenvalue weighted by atomic mass is 16.6. The lowest BCUT2D eigenvalue weighted by molar-refractivity contribution is -0.384. The zero-order chi connectivity index (χ0) is 19.6. The van der Waals surface area contributed by atoms with Crippen LogP contribution >= 0.6 is 0 Å². The first-order valence-corrected chi connectivity index (χ1v) is 9.03. The molecule has 1 aliphatic rings. The third-order valence-electron chi connectivity index (χ3n) is 4.66. The molecule has 0 bridgehead atoms. The van der Waals surface area contributed by atoms with Crippen molar-refractivity contribution in [2.75, 3.05) is 31.6 Å². The van der Waals surface area contributed by atoms with E-state index >= 15 is 0 Å². The van der Waals surface area contributed by atoms with Gasteiger partial charge in [-0.15, -0.1) is 0 Å². The number of aliphatic carboxylic acids is 1. The fourth-order valence-electron chi connectivity index (χ4n) is 3.07. The van der Waals surface area contributed by atoms with E-state index in [0.717, 1.165) is 5.69 Å². The van der Waals surface area contributed by atoms with Gasteiger partial charge in [-0.1, -0.05) is 0 Å². The van der Waals surface area contributed by atoms with Crippen molar-refractivity contribution < 1.29 is 24.4 Å². The molecule has 0 spiro atoms. The van der Waals surface area contributed by atoms with Crippen LogP contribution in [-0.2, 0) is 14.3 Å². The molecule has 0 aromatic heterocycles. The first kappa shape index (κ1) is 20.6. The van der Waals surface area contributed by atoms with E-state index in [1.807, 2.05) is 0 Å². The predicted molar refractivity (Wildman–Crippen MR) is 98.5 cm³/mol. The molecule has 1 aliphatic heterocycles. The minimum absolute atomic E-state index is 0.0254. The van der Waals surface area contributed by atoms with Crippen LogP contribution in [0.3, 0.4) is 0 Å². The monoisotopic (exact) mass is 379 g/mol. The highest BCUT2D eigenvalue weighted by Gasteiger charge is 2.29. The molecular formula is C18H25N3O6. The van der Waals surface area contributed by atoms with Crippen molar-refractivity contribution in [2.24, 2.45) is 11.8 Å². The molecule has 2 rings (SSSR count). The summed E-state index contributed by atoms with van der Waals surface area (Å²) in [6.07, 6.45) is 2.25. The van der Waals surface area contributed by atoms with Gasteiger partial charge in [0.2, 0.25) is 5.91 Å². The number of amides is 1. The van der Waals surface area contributed by atoms with E-state index in [1.165, 1.54) is 12.1 Å². The lowest BCUT2D eigenvalue weighted by Gasteiger charge is -2.27. The van der Waals surface area contributed by atoms with Crippen molar-refractivity contribution in [2.45, 2.75) is 25.7 Å². The standard InChI is InChI=1S/C18H25N3O6/c22-17(20-12-16(18(23)24)13-7-10-27-11-8-13)2-1-9-19-14-3-5-15(6-4-14)21(25)26/h3-6,13,16,19H,1-2,7-12H2,(H,20,22)(H,23,24). The summed E-state index contributed by atoms with van der Waals surface area (Å²) in [6, 6.07) is 6.06. The molecule has 1 atom stereocenters. The van der Waals surface area contributed by atoms with Gasteiger partial charge in [0.1, 0.15) is 0 Å². The highest BCUT2D eigenvalue weighted by molar-refractivity contribution is 5.77. The molecule has 148 valence electrons. The quantitative estimate of drug-likeness (QED) is 0.322. The fraction of sp³-hybridized carbons (Fsp3) is 0.556. The van der Waals surface area contributed by atoms with Crippen LogP contribution in [0, 0.1) is 22.0 Å². The lowest BCUT2D eigenvalue weighted by Crippen LogP contribution is -2.39. The van der Waals surface area contributed by atoms with Crippen LogP contribution in [0.1, 0.15) is 25.7 Å². The van der Waals surface area contributed by atoms with Crippen molar-refractivity contribution in [3.8, 4) is 0 Å². The number of nitro benzene ring substituents is 1. The number of anilines is 1. The molecule has 0 aliphatic carbocycles. The maximum absolute atomic E-state index is 12.0. The Balaban J connectivity index is 1.66. The molecule has 0 radical (unpaired) electrons. The van der Waals surface area contributed by atoms with Crippen LogP contribution in [0.25, 0.3) is 0 Å². The summed E-state index contributed by atoms with van der Waals surface area (Å²) < 4.78 is 5.25. The Labute approximate surface area is 157 Å². The molecule has 3 N–H and O–H groups in total. The zero-order valence-electron chi connectivity index (χ0n) is 15.1. The number of hydrogen-bond donors (Lipinski definition) is 3. The second-order valence-electron chi connectivity index (χ2n) is 6.53. The second-order valence-corrected chi connectivity index (χ2v) is 6.53. The Kier molecular flexibility index (Phi) is 8.00. The van der Waals surface area contributed by atoms with Gasteiger partial charge in [0.05, 0.1) is 10.8 Å². The number of rotatable bonds is 10. The summed E-state index contributed by atoms with van der Waals surface area (Å²) >= 11 is 0. The smallest absolute Gasteiger partial charge is 0.308 e. The van der Waals surface area contributed by atoms with Crippen LogP contribution < -0.4 is 10.6 Å². The van der Waals surface area contributed by atoms with Gasteiger partial charge in [-0.2, -0.15) is 0 Å². The number of carbonyl (C=O) groups excluding carboxylic acids is 1. The number of hydrogen-bond acceptors (Lipinski definition) is 6. The average molecular weight is 379 g/mol. The number of carbonyl (C=O) groups is 2. The van der Waals surface area contributed by atoms with Crippen LogP contribution in [0.5, 0.6) is 0 Å². The number of nitro groups is 1. The molecule has 1 heterocycles. The zero-order valence-corrected chi connectivity index (χ0v) is 15.1. The molecular weight excluding hydrogens is 354 g/mol. The van der Waals surface area contributed by atoms with E-state index in [-0.39, 0.29) is 30.5 Å².